The number of nitrogens with one attached hydrogen (secondary N) is 2. The fourth-order valence-electron chi connectivity index (χ4n) is 2.20. The molecule has 0 bridgehead atoms. The number of H-pyrrole nitrogens is 1. The molecular formula is C15H21N3O4. The van der Waals surface area contributed by atoms with Gasteiger partial charge in [0.2, 0.25) is 0 Å². The van der Waals surface area contributed by atoms with Crippen LogP contribution in [0.25, 0.3) is 10.9 Å². The molecule has 0 saturated carbocycles. The van der Waals surface area contributed by atoms with E-state index in [1.54, 1.807) is 13.0 Å². The summed E-state index contributed by atoms with van der Waals surface area (Å²) in [5.41, 5.74) is 0.115. The van der Waals surface area contributed by atoms with Crippen molar-refractivity contribution in [2.75, 3.05) is 26.1 Å². The average Bonchev–Trinajstić information content (AvgIpc) is 2.47. The summed E-state index contributed by atoms with van der Waals surface area (Å²) in [6, 6.07) is 1.59. The molecule has 0 radical (unpaired) electrons. The molecule has 0 saturated heterocycles. The molecule has 1 aromatic carbocycles. The van der Waals surface area contributed by atoms with Crippen molar-refractivity contribution < 1.29 is 14.6 Å². The molecule has 2 rings (SSSR count). The zero-order valence-electron chi connectivity index (χ0n) is 13.4. The Kier molecular flexibility index (Phi) is 4.27. The van der Waals surface area contributed by atoms with Crippen LogP contribution in [-0.2, 0) is 0 Å². The smallest absolute Gasteiger partial charge is 0.258 e. The predicted molar refractivity (Wildman–Crippen MR) is 85.0 cm³/mol. The lowest BCUT2D eigenvalue weighted by Gasteiger charge is -2.27. The molecular weight excluding hydrogens is 286 g/mol. The van der Waals surface area contributed by atoms with Gasteiger partial charge in [-0.3, -0.25) is 4.79 Å². The maximum absolute atomic E-state index is 12.2. The summed E-state index contributed by atoms with van der Waals surface area (Å²) in [7, 11) is 3.02. The van der Waals surface area contributed by atoms with E-state index < -0.39 is 5.54 Å². The van der Waals surface area contributed by atoms with Crippen molar-refractivity contribution in [3.63, 3.8) is 0 Å². The minimum atomic E-state index is -0.620. The Morgan fingerprint density at radius 1 is 1.36 bits per heavy atom. The number of nitrogens with zero attached hydrogens (tertiary/aromatic N) is 1. The third-order valence-electron chi connectivity index (χ3n) is 3.32. The van der Waals surface area contributed by atoms with E-state index in [0.717, 1.165) is 0 Å². The van der Waals surface area contributed by atoms with E-state index >= 15 is 0 Å². The zero-order chi connectivity index (χ0) is 16.5. The highest BCUT2D eigenvalue weighted by Gasteiger charge is 2.24. The van der Waals surface area contributed by atoms with Gasteiger partial charge in [-0.05, 0) is 26.8 Å². The van der Waals surface area contributed by atoms with Crippen LogP contribution in [0.15, 0.2) is 10.9 Å². The number of aliphatic hydroxyl groups excluding tert-OH is 1. The fourth-order valence-corrected chi connectivity index (χ4v) is 2.20. The molecule has 0 atom stereocenters. The number of rotatable bonds is 5. The summed E-state index contributed by atoms with van der Waals surface area (Å²) < 4.78 is 10.7. The van der Waals surface area contributed by atoms with Gasteiger partial charge in [0.1, 0.15) is 17.0 Å². The number of benzene rings is 1. The number of hydrogen-bond donors (Lipinski definition) is 3. The van der Waals surface area contributed by atoms with Crippen molar-refractivity contribution >= 4 is 16.6 Å². The molecule has 0 fully saturated rings. The second-order valence-corrected chi connectivity index (χ2v) is 5.70. The van der Waals surface area contributed by atoms with Gasteiger partial charge in [-0.2, -0.15) is 0 Å². The van der Waals surface area contributed by atoms with Crippen LogP contribution in [0.1, 0.15) is 19.7 Å². The van der Waals surface area contributed by atoms with Gasteiger partial charge in [0.25, 0.3) is 5.56 Å². The molecule has 0 aliphatic carbocycles. The molecule has 2 aromatic rings. The van der Waals surface area contributed by atoms with Crippen LogP contribution in [0.5, 0.6) is 11.5 Å². The Bertz CT molecular complexity index is 753. The summed E-state index contributed by atoms with van der Waals surface area (Å²) >= 11 is 0. The second-order valence-electron chi connectivity index (χ2n) is 5.70. The number of fused-ring (bicyclic) bond motifs is 1. The maximum atomic E-state index is 12.2. The van der Waals surface area contributed by atoms with Crippen LogP contribution in [0.3, 0.4) is 0 Å². The van der Waals surface area contributed by atoms with Gasteiger partial charge in [-0.15, -0.1) is 0 Å². The van der Waals surface area contributed by atoms with Gasteiger partial charge < -0.3 is 24.9 Å². The molecule has 7 heteroatoms. The van der Waals surface area contributed by atoms with E-state index in [9.17, 15) is 9.90 Å². The molecule has 0 spiro atoms. The molecule has 22 heavy (non-hydrogen) atoms. The number of aryl methyl sites for hydroxylation is 1. The predicted octanol–water partition coefficient (Wildman–Crippen LogP) is 1.43. The third kappa shape index (κ3) is 2.85. The van der Waals surface area contributed by atoms with Gasteiger partial charge in [0.15, 0.2) is 11.5 Å². The highest BCUT2D eigenvalue weighted by atomic mass is 16.5. The Hall–Kier alpha value is -2.28. The van der Waals surface area contributed by atoms with Crippen molar-refractivity contribution in [2.45, 2.75) is 26.3 Å². The van der Waals surface area contributed by atoms with E-state index in [2.05, 4.69) is 15.3 Å². The summed E-state index contributed by atoms with van der Waals surface area (Å²) in [6.07, 6.45) is 0. The lowest BCUT2D eigenvalue weighted by Crippen LogP contribution is -2.35. The van der Waals surface area contributed by atoms with Crippen molar-refractivity contribution in [1.82, 2.24) is 9.97 Å². The molecule has 0 amide bonds. The Morgan fingerprint density at radius 2 is 2.05 bits per heavy atom. The highest BCUT2D eigenvalue weighted by molar-refractivity contribution is 5.96. The number of aromatic amines is 1. The molecule has 3 N–H and O–H groups in total. The standard InChI is InChI=1S/C15H21N3O4/c1-8-16-11-9(14(20)17-8)6-10(21-4)13(22-5)12(11)18-15(2,3)7-19/h6,18-19H,7H2,1-5H3,(H,16,17,20). The molecule has 0 unspecified atom stereocenters. The fraction of sp³-hybridized carbons (Fsp3) is 0.467. The van der Waals surface area contributed by atoms with Crippen LogP contribution in [0, 0.1) is 6.92 Å². The van der Waals surface area contributed by atoms with Crippen molar-refractivity contribution in [1.29, 1.82) is 0 Å². The highest BCUT2D eigenvalue weighted by Crippen LogP contribution is 2.41. The molecule has 120 valence electrons. The number of ether oxygens (including phenoxy) is 2. The first-order chi connectivity index (χ1) is 10.3. The SMILES string of the molecule is COc1cc2c(=O)[nH]c(C)nc2c(NC(C)(C)CO)c1OC. The van der Waals surface area contributed by atoms with E-state index in [-0.39, 0.29) is 12.2 Å². The van der Waals surface area contributed by atoms with E-state index in [0.29, 0.717) is 33.9 Å². The lowest BCUT2D eigenvalue weighted by atomic mass is 10.1. The van der Waals surface area contributed by atoms with Crippen LogP contribution >= 0.6 is 0 Å². The van der Waals surface area contributed by atoms with Crippen molar-refractivity contribution in [2.24, 2.45) is 0 Å². The quantitative estimate of drug-likeness (QED) is 0.773. The summed E-state index contributed by atoms with van der Waals surface area (Å²) in [5.74, 6) is 1.35. The molecule has 7 nitrogen and oxygen atoms in total. The van der Waals surface area contributed by atoms with E-state index in [4.69, 9.17) is 9.47 Å². The molecule has 1 heterocycles. The normalized spacial score (nSPS) is 11.5. The number of aromatic nitrogens is 2. The first-order valence-corrected chi connectivity index (χ1v) is 6.87. The average molecular weight is 307 g/mol. The Labute approximate surface area is 128 Å². The van der Waals surface area contributed by atoms with Crippen molar-refractivity contribution in [3.05, 3.63) is 22.2 Å². The summed E-state index contributed by atoms with van der Waals surface area (Å²) in [6.45, 7) is 5.27. The largest absolute Gasteiger partial charge is 0.493 e. The van der Waals surface area contributed by atoms with Gasteiger partial charge in [0, 0.05) is 0 Å². The van der Waals surface area contributed by atoms with E-state index in [1.807, 2.05) is 13.8 Å². The van der Waals surface area contributed by atoms with Gasteiger partial charge in [-0.25, -0.2) is 4.98 Å². The van der Waals surface area contributed by atoms with Gasteiger partial charge in [-0.1, -0.05) is 0 Å². The number of anilines is 1. The van der Waals surface area contributed by atoms with Crippen LogP contribution < -0.4 is 20.3 Å². The van der Waals surface area contributed by atoms with E-state index in [1.165, 1.54) is 14.2 Å². The van der Waals surface area contributed by atoms with Crippen molar-refractivity contribution in [3.8, 4) is 11.5 Å². The number of hydrogen-bond acceptors (Lipinski definition) is 6. The minimum Gasteiger partial charge on any atom is -0.493 e. The molecule has 1 aromatic heterocycles. The third-order valence-corrected chi connectivity index (χ3v) is 3.32. The number of methoxy groups -OCH3 is 2. The maximum Gasteiger partial charge on any atom is 0.258 e. The Morgan fingerprint density at radius 3 is 2.59 bits per heavy atom. The van der Waals surface area contributed by atoms with Gasteiger partial charge >= 0.3 is 0 Å². The summed E-state index contributed by atoms with van der Waals surface area (Å²) in [5, 5.41) is 13.1. The molecule has 0 aliphatic rings. The number of aliphatic hydroxyl groups is 1. The van der Waals surface area contributed by atoms with Crippen LogP contribution in [0.4, 0.5) is 5.69 Å². The Balaban J connectivity index is 2.86. The van der Waals surface area contributed by atoms with Crippen LogP contribution in [0.2, 0.25) is 0 Å². The summed E-state index contributed by atoms with van der Waals surface area (Å²) in [4.78, 5) is 19.3. The zero-order valence-corrected chi connectivity index (χ0v) is 13.4. The monoisotopic (exact) mass is 307 g/mol. The van der Waals surface area contributed by atoms with Gasteiger partial charge in [0.05, 0.1) is 31.8 Å². The topological polar surface area (TPSA) is 96.5 Å². The van der Waals surface area contributed by atoms with Crippen LogP contribution in [-0.4, -0.2) is 41.4 Å². The first kappa shape index (κ1) is 16.1. The minimum absolute atomic E-state index is 0.100. The second kappa shape index (κ2) is 5.84. The lowest BCUT2D eigenvalue weighted by molar-refractivity contribution is 0.233. The first-order valence-electron chi connectivity index (χ1n) is 6.87. The molecule has 0 aliphatic heterocycles.